The van der Waals surface area contributed by atoms with Gasteiger partial charge in [-0.25, -0.2) is 0 Å². The summed E-state index contributed by atoms with van der Waals surface area (Å²) in [5.74, 6) is 2.84. The zero-order chi connectivity index (χ0) is 13.0. The minimum absolute atomic E-state index is 0.0693. The lowest BCUT2D eigenvalue weighted by Gasteiger charge is -2.24. The topological polar surface area (TPSA) is 55.6 Å². The molecule has 1 aromatic rings. The first kappa shape index (κ1) is 13.0. The number of hydrogen-bond acceptors (Lipinski definition) is 5. The van der Waals surface area contributed by atoms with E-state index in [0.717, 1.165) is 31.0 Å². The third-order valence-corrected chi connectivity index (χ3v) is 3.99. The second-order valence-corrected chi connectivity index (χ2v) is 5.29. The van der Waals surface area contributed by atoms with Crippen molar-refractivity contribution in [3.8, 4) is 5.75 Å². The van der Waals surface area contributed by atoms with Crippen molar-refractivity contribution in [1.29, 1.82) is 0 Å². The van der Waals surface area contributed by atoms with Crippen LogP contribution in [0.1, 0.15) is 6.42 Å². The van der Waals surface area contributed by atoms with E-state index in [1.807, 2.05) is 11.8 Å². The number of nitro benzene ring substituents is 1. The molecule has 1 aliphatic heterocycles. The van der Waals surface area contributed by atoms with Crippen molar-refractivity contribution in [3.05, 3.63) is 28.3 Å². The number of hydrogen-bond donors (Lipinski definition) is 0. The molecule has 2 rings (SSSR count). The summed E-state index contributed by atoms with van der Waals surface area (Å²) in [5.41, 5.74) is 1.02. The molecule has 0 atom stereocenters. The largest absolute Gasteiger partial charge is 0.494 e. The number of nitrogens with zero attached hydrogens (tertiary/aromatic N) is 2. The van der Waals surface area contributed by atoms with Gasteiger partial charge in [-0.1, -0.05) is 0 Å². The van der Waals surface area contributed by atoms with Crippen LogP contribution in [0.5, 0.6) is 5.75 Å². The fraction of sp³-hybridized carbons (Fsp3) is 0.500. The average molecular weight is 268 g/mol. The van der Waals surface area contributed by atoms with E-state index < -0.39 is 4.92 Å². The van der Waals surface area contributed by atoms with Crippen LogP contribution in [0.3, 0.4) is 0 Å². The zero-order valence-electron chi connectivity index (χ0n) is 10.3. The van der Waals surface area contributed by atoms with Crippen LogP contribution in [0.4, 0.5) is 11.4 Å². The highest BCUT2D eigenvalue weighted by atomic mass is 32.2. The average Bonchev–Trinajstić information content (AvgIpc) is 2.66. The Morgan fingerprint density at radius 1 is 1.39 bits per heavy atom. The summed E-state index contributed by atoms with van der Waals surface area (Å²) < 4.78 is 5.28. The second kappa shape index (κ2) is 5.95. The van der Waals surface area contributed by atoms with Crippen LogP contribution in [0.15, 0.2) is 18.2 Å². The number of non-ortho nitro benzene ring substituents is 1. The van der Waals surface area contributed by atoms with Crippen LogP contribution in [0.2, 0.25) is 0 Å². The first-order chi connectivity index (χ1) is 8.72. The molecular weight excluding hydrogens is 252 g/mol. The number of rotatable bonds is 3. The molecule has 5 nitrogen and oxygen atoms in total. The van der Waals surface area contributed by atoms with Gasteiger partial charge in [-0.15, -0.1) is 0 Å². The minimum atomic E-state index is -0.398. The smallest absolute Gasteiger partial charge is 0.273 e. The molecule has 0 aliphatic carbocycles. The van der Waals surface area contributed by atoms with E-state index in [4.69, 9.17) is 4.74 Å². The van der Waals surface area contributed by atoms with Gasteiger partial charge in [0.2, 0.25) is 0 Å². The van der Waals surface area contributed by atoms with Gasteiger partial charge in [-0.05, 0) is 18.2 Å². The molecule has 6 heteroatoms. The molecule has 1 aliphatic rings. The molecule has 1 aromatic carbocycles. The van der Waals surface area contributed by atoms with Crippen molar-refractivity contribution in [1.82, 2.24) is 0 Å². The third kappa shape index (κ3) is 2.87. The Hall–Kier alpha value is -1.43. The number of benzene rings is 1. The lowest BCUT2D eigenvalue weighted by molar-refractivity contribution is -0.384. The molecule has 0 aromatic heterocycles. The maximum absolute atomic E-state index is 10.7. The minimum Gasteiger partial charge on any atom is -0.494 e. The third-order valence-electron chi connectivity index (χ3n) is 2.94. The molecular formula is C12H16N2O3S. The van der Waals surface area contributed by atoms with E-state index in [2.05, 4.69) is 4.90 Å². The molecule has 1 heterocycles. The lowest BCUT2D eigenvalue weighted by Crippen LogP contribution is -2.25. The van der Waals surface area contributed by atoms with Crippen molar-refractivity contribution in [2.24, 2.45) is 0 Å². The normalized spacial score (nSPS) is 16.2. The molecule has 1 fully saturated rings. The summed E-state index contributed by atoms with van der Waals surface area (Å²) >= 11 is 1.94. The van der Waals surface area contributed by atoms with Crippen LogP contribution < -0.4 is 9.64 Å². The van der Waals surface area contributed by atoms with Crippen molar-refractivity contribution in [2.45, 2.75) is 6.42 Å². The summed E-state index contributed by atoms with van der Waals surface area (Å²) in [4.78, 5) is 12.6. The van der Waals surface area contributed by atoms with Crippen LogP contribution in [-0.4, -0.2) is 36.6 Å². The predicted octanol–water partition coefficient (Wildman–Crippen LogP) is 2.55. The summed E-state index contributed by atoms with van der Waals surface area (Å²) in [7, 11) is 1.55. The fourth-order valence-corrected chi connectivity index (χ4v) is 2.91. The molecule has 1 saturated heterocycles. The number of anilines is 1. The van der Waals surface area contributed by atoms with Gasteiger partial charge in [-0.2, -0.15) is 11.8 Å². The predicted molar refractivity (Wildman–Crippen MR) is 73.8 cm³/mol. The van der Waals surface area contributed by atoms with E-state index >= 15 is 0 Å². The van der Waals surface area contributed by atoms with E-state index in [-0.39, 0.29) is 5.69 Å². The molecule has 0 N–H and O–H groups in total. The Labute approximate surface area is 110 Å². The van der Waals surface area contributed by atoms with E-state index in [1.165, 1.54) is 17.9 Å². The SMILES string of the molecule is COc1cc([N+](=O)[O-])ccc1N1CCCSCC1. The molecule has 0 unspecified atom stereocenters. The summed E-state index contributed by atoms with van der Waals surface area (Å²) in [6.07, 6.45) is 1.13. The molecule has 18 heavy (non-hydrogen) atoms. The number of methoxy groups -OCH3 is 1. The van der Waals surface area contributed by atoms with Crippen molar-refractivity contribution >= 4 is 23.1 Å². The van der Waals surface area contributed by atoms with Gasteiger partial charge in [0.1, 0.15) is 5.75 Å². The van der Waals surface area contributed by atoms with Crippen LogP contribution in [0, 0.1) is 10.1 Å². The summed E-state index contributed by atoms with van der Waals surface area (Å²) in [6, 6.07) is 4.82. The Bertz CT molecular complexity index is 431. The maximum Gasteiger partial charge on any atom is 0.273 e. The lowest BCUT2D eigenvalue weighted by atomic mass is 10.2. The Morgan fingerprint density at radius 3 is 2.94 bits per heavy atom. The first-order valence-electron chi connectivity index (χ1n) is 5.87. The Balaban J connectivity index is 2.28. The quantitative estimate of drug-likeness (QED) is 0.623. The molecule has 0 bridgehead atoms. The zero-order valence-corrected chi connectivity index (χ0v) is 11.1. The van der Waals surface area contributed by atoms with Gasteiger partial charge in [0.15, 0.2) is 0 Å². The van der Waals surface area contributed by atoms with Crippen LogP contribution >= 0.6 is 11.8 Å². The van der Waals surface area contributed by atoms with Gasteiger partial charge >= 0.3 is 0 Å². The van der Waals surface area contributed by atoms with E-state index in [1.54, 1.807) is 13.2 Å². The van der Waals surface area contributed by atoms with Crippen LogP contribution in [0.25, 0.3) is 0 Å². The number of nitro groups is 1. The van der Waals surface area contributed by atoms with Crippen molar-refractivity contribution < 1.29 is 9.66 Å². The number of ether oxygens (including phenoxy) is 1. The molecule has 98 valence electrons. The molecule has 0 radical (unpaired) electrons. The fourth-order valence-electron chi connectivity index (χ4n) is 2.03. The second-order valence-electron chi connectivity index (χ2n) is 4.07. The Kier molecular flexibility index (Phi) is 4.30. The summed E-state index contributed by atoms with van der Waals surface area (Å²) in [5, 5.41) is 10.7. The maximum atomic E-state index is 10.7. The number of thioether (sulfide) groups is 1. The van der Waals surface area contributed by atoms with Gasteiger partial charge in [0.05, 0.1) is 23.8 Å². The van der Waals surface area contributed by atoms with Crippen molar-refractivity contribution in [2.75, 3.05) is 36.6 Å². The molecule has 0 saturated carbocycles. The van der Waals surface area contributed by atoms with Gasteiger partial charge in [0.25, 0.3) is 5.69 Å². The molecule has 0 amide bonds. The van der Waals surface area contributed by atoms with Gasteiger partial charge in [0, 0.05) is 24.9 Å². The van der Waals surface area contributed by atoms with Crippen LogP contribution in [-0.2, 0) is 0 Å². The van der Waals surface area contributed by atoms with E-state index in [9.17, 15) is 10.1 Å². The standard InChI is InChI=1S/C12H16N2O3S/c1-17-12-9-10(14(15)16)3-4-11(12)13-5-2-7-18-8-6-13/h3-4,9H,2,5-8H2,1H3. The Morgan fingerprint density at radius 2 is 2.22 bits per heavy atom. The monoisotopic (exact) mass is 268 g/mol. The highest BCUT2D eigenvalue weighted by molar-refractivity contribution is 7.99. The highest BCUT2D eigenvalue weighted by Crippen LogP contribution is 2.33. The molecule has 0 spiro atoms. The summed E-state index contributed by atoms with van der Waals surface area (Å²) in [6.45, 7) is 1.93. The first-order valence-corrected chi connectivity index (χ1v) is 7.03. The van der Waals surface area contributed by atoms with Gasteiger partial charge < -0.3 is 9.64 Å². The highest BCUT2D eigenvalue weighted by Gasteiger charge is 2.17. The van der Waals surface area contributed by atoms with Gasteiger partial charge in [-0.3, -0.25) is 10.1 Å². The van der Waals surface area contributed by atoms with E-state index in [0.29, 0.717) is 5.75 Å². The van der Waals surface area contributed by atoms with Crippen molar-refractivity contribution in [3.63, 3.8) is 0 Å².